The molecule has 0 aromatic carbocycles. The molecule has 0 aromatic rings. The van der Waals surface area contributed by atoms with Crippen molar-refractivity contribution in [1.82, 2.24) is 0 Å². The van der Waals surface area contributed by atoms with Crippen molar-refractivity contribution < 1.29 is 0 Å². The van der Waals surface area contributed by atoms with Crippen molar-refractivity contribution in [2.45, 2.75) is 6.92 Å². The molecule has 0 heteroatoms. The summed E-state index contributed by atoms with van der Waals surface area (Å²) >= 11 is 0. The highest BCUT2D eigenvalue weighted by Gasteiger charge is 1.92. The van der Waals surface area contributed by atoms with Crippen LogP contribution < -0.4 is 0 Å². The van der Waals surface area contributed by atoms with Gasteiger partial charge in [-0.2, -0.15) is 0 Å². The summed E-state index contributed by atoms with van der Waals surface area (Å²) in [5, 5.41) is 0. The molecule has 0 unspecified atom stereocenters. The molecule has 0 fully saturated rings. The third kappa shape index (κ3) is 0.800. The molecule has 1 aliphatic rings. The standard InChI is InChI=1S/C8H8/c1-3-8-5-4-7(2)6-8/h4-6H,1H2,2H3. The van der Waals surface area contributed by atoms with E-state index in [4.69, 9.17) is 0 Å². The molecule has 8 heavy (non-hydrogen) atoms. The first-order chi connectivity index (χ1) is 3.83. The summed E-state index contributed by atoms with van der Waals surface area (Å²) in [5.74, 6) is 0. The summed E-state index contributed by atoms with van der Waals surface area (Å²) in [6.07, 6.45) is 6.10. The summed E-state index contributed by atoms with van der Waals surface area (Å²) in [6.45, 7) is 5.58. The van der Waals surface area contributed by atoms with E-state index in [-0.39, 0.29) is 0 Å². The molecule has 1 aliphatic carbocycles. The maximum Gasteiger partial charge on any atom is 0.0161 e. The number of hydrogen-bond donors (Lipinski definition) is 0. The maximum atomic E-state index is 3.52. The zero-order valence-corrected chi connectivity index (χ0v) is 4.94. The largest absolute Gasteiger partial charge is 0.121 e. The summed E-state index contributed by atoms with van der Waals surface area (Å²) < 4.78 is 0. The normalized spacial score (nSPS) is 16.1. The minimum atomic E-state index is 1.09. The van der Waals surface area contributed by atoms with Crippen LogP contribution in [0.5, 0.6) is 0 Å². The van der Waals surface area contributed by atoms with E-state index >= 15 is 0 Å². The van der Waals surface area contributed by atoms with E-state index in [1.165, 1.54) is 5.57 Å². The van der Waals surface area contributed by atoms with Crippen LogP contribution >= 0.6 is 0 Å². The molecule has 0 aliphatic heterocycles. The molecule has 0 atom stereocenters. The van der Waals surface area contributed by atoms with E-state index in [1.54, 1.807) is 0 Å². The summed E-state index contributed by atoms with van der Waals surface area (Å²) in [4.78, 5) is 0. The molecule has 0 bridgehead atoms. The SMILES string of the molecule is C=C=C1C=CC(C)=C1. The number of hydrogen-bond acceptors (Lipinski definition) is 0. The fraction of sp³-hybridized carbons (Fsp3) is 0.125. The topological polar surface area (TPSA) is 0 Å². The third-order valence-electron chi connectivity index (χ3n) is 1.11. The monoisotopic (exact) mass is 104 g/mol. The van der Waals surface area contributed by atoms with Crippen molar-refractivity contribution in [1.29, 1.82) is 0 Å². The highest BCUT2D eigenvalue weighted by atomic mass is 14.0. The second-order valence-electron chi connectivity index (χ2n) is 1.85. The Morgan fingerprint density at radius 2 is 2.25 bits per heavy atom. The van der Waals surface area contributed by atoms with Gasteiger partial charge >= 0.3 is 0 Å². The highest BCUT2D eigenvalue weighted by Crippen LogP contribution is 2.11. The Morgan fingerprint density at radius 1 is 1.50 bits per heavy atom. The lowest BCUT2D eigenvalue weighted by Gasteiger charge is -1.76. The molecule has 0 radical (unpaired) electrons. The average Bonchev–Trinajstić information content (AvgIpc) is 2.14. The minimum Gasteiger partial charge on any atom is -0.121 e. The van der Waals surface area contributed by atoms with E-state index in [1.807, 2.05) is 18.2 Å². The van der Waals surface area contributed by atoms with E-state index in [9.17, 15) is 0 Å². The maximum absolute atomic E-state index is 3.52. The van der Waals surface area contributed by atoms with E-state index in [2.05, 4.69) is 19.2 Å². The van der Waals surface area contributed by atoms with Crippen LogP contribution in [0.3, 0.4) is 0 Å². The number of allylic oxidation sites excluding steroid dienone is 5. The summed E-state index contributed by atoms with van der Waals surface area (Å²) in [5.41, 5.74) is 5.16. The molecule has 0 heterocycles. The quantitative estimate of drug-likeness (QED) is 0.413. The van der Waals surface area contributed by atoms with E-state index in [0.29, 0.717) is 0 Å². The fourth-order valence-electron chi connectivity index (χ4n) is 0.673. The Labute approximate surface area is 49.5 Å². The predicted molar refractivity (Wildman–Crippen MR) is 35.5 cm³/mol. The van der Waals surface area contributed by atoms with Gasteiger partial charge in [0, 0.05) is 5.57 Å². The van der Waals surface area contributed by atoms with Crippen molar-refractivity contribution in [3.63, 3.8) is 0 Å². The van der Waals surface area contributed by atoms with Gasteiger partial charge in [0.15, 0.2) is 0 Å². The Balaban J connectivity index is 3.01. The van der Waals surface area contributed by atoms with Crippen LogP contribution in [0.4, 0.5) is 0 Å². The Kier molecular flexibility index (Phi) is 1.19. The van der Waals surface area contributed by atoms with Crippen molar-refractivity contribution in [3.8, 4) is 0 Å². The minimum absolute atomic E-state index is 1.09. The smallest absolute Gasteiger partial charge is 0.0161 e. The Bertz CT molecular complexity index is 198. The second-order valence-corrected chi connectivity index (χ2v) is 1.85. The molecule has 0 N–H and O–H groups in total. The molecule has 1 rings (SSSR count). The van der Waals surface area contributed by atoms with Crippen LogP contribution in [0.25, 0.3) is 0 Å². The molecule has 0 saturated heterocycles. The van der Waals surface area contributed by atoms with Crippen molar-refractivity contribution in [3.05, 3.63) is 41.7 Å². The first-order valence-corrected chi connectivity index (χ1v) is 2.59. The molecule has 40 valence electrons. The van der Waals surface area contributed by atoms with Gasteiger partial charge in [0.05, 0.1) is 0 Å². The van der Waals surface area contributed by atoms with Gasteiger partial charge in [-0.25, -0.2) is 0 Å². The second kappa shape index (κ2) is 1.85. The molecule has 0 spiro atoms. The van der Waals surface area contributed by atoms with Crippen LogP contribution in [0.1, 0.15) is 6.92 Å². The molecule has 0 nitrogen and oxygen atoms in total. The lowest BCUT2D eigenvalue weighted by molar-refractivity contribution is 1.56. The van der Waals surface area contributed by atoms with Crippen LogP contribution in [-0.4, -0.2) is 0 Å². The van der Waals surface area contributed by atoms with E-state index < -0.39 is 0 Å². The van der Waals surface area contributed by atoms with E-state index in [0.717, 1.165) is 5.57 Å². The van der Waals surface area contributed by atoms with Crippen molar-refractivity contribution >= 4 is 0 Å². The van der Waals surface area contributed by atoms with Crippen LogP contribution in [0.15, 0.2) is 41.7 Å². The number of rotatable bonds is 0. The van der Waals surface area contributed by atoms with Gasteiger partial charge in [-0.15, -0.1) is 5.73 Å². The third-order valence-corrected chi connectivity index (χ3v) is 1.11. The van der Waals surface area contributed by atoms with Gasteiger partial charge in [0.2, 0.25) is 0 Å². The van der Waals surface area contributed by atoms with Crippen molar-refractivity contribution in [2.75, 3.05) is 0 Å². The molecular formula is C8H8. The molecule has 0 aromatic heterocycles. The van der Waals surface area contributed by atoms with Gasteiger partial charge in [-0.3, -0.25) is 0 Å². The van der Waals surface area contributed by atoms with Gasteiger partial charge < -0.3 is 0 Å². The Hall–Kier alpha value is -1.00. The Morgan fingerprint density at radius 3 is 2.50 bits per heavy atom. The van der Waals surface area contributed by atoms with Gasteiger partial charge in [0.1, 0.15) is 0 Å². The lowest BCUT2D eigenvalue weighted by Crippen LogP contribution is -1.57. The summed E-state index contributed by atoms with van der Waals surface area (Å²) in [7, 11) is 0. The molecule has 0 amide bonds. The van der Waals surface area contributed by atoms with Crippen molar-refractivity contribution in [2.24, 2.45) is 0 Å². The van der Waals surface area contributed by atoms with Crippen LogP contribution in [0.2, 0.25) is 0 Å². The summed E-state index contributed by atoms with van der Waals surface area (Å²) in [6, 6.07) is 0. The fourth-order valence-corrected chi connectivity index (χ4v) is 0.673. The highest BCUT2D eigenvalue weighted by molar-refractivity contribution is 5.43. The zero-order valence-electron chi connectivity index (χ0n) is 4.94. The first kappa shape index (κ1) is 5.14. The van der Waals surface area contributed by atoms with Crippen LogP contribution in [-0.2, 0) is 0 Å². The molecular weight excluding hydrogens is 96.1 g/mol. The van der Waals surface area contributed by atoms with Gasteiger partial charge in [0.25, 0.3) is 0 Å². The first-order valence-electron chi connectivity index (χ1n) is 2.59. The zero-order chi connectivity index (χ0) is 5.98. The molecule has 0 saturated carbocycles. The lowest BCUT2D eigenvalue weighted by atomic mass is 10.3. The predicted octanol–water partition coefficient (Wildman–Crippen LogP) is 2.21. The average molecular weight is 104 g/mol. The van der Waals surface area contributed by atoms with Gasteiger partial charge in [-0.05, 0) is 24.6 Å². The van der Waals surface area contributed by atoms with Gasteiger partial charge in [-0.1, -0.05) is 12.7 Å². The van der Waals surface area contributed by atoms with Crippen LogP contribution in [0, 0.1) is 0 Å².